The van der Waals surface area contributed by atoms with Gasteiger partial charge >= 0.3 is 0 Å². The van der Waals surface area contributed by atoms with Gasteiger partial charge in [-0.2, -0.15) is 0 Å². The molecule has 0 rings (SSSR count). The molecule has 52 valence electrons. The fourth-order valence-corrected chi connectivity index (χ4v) is 0.745. The zero-order chi connectivity index (χ0) is 7.28. The predicted octanol–water partition coefficient (Wildman–Crippen LogP) is 0.812. The topological polar surface area (TPSA) is 49.7 Å². The van der Waals surface area contributed by atoms with E-state index in [-0.39, 0.29) is 0 Å². The third-order valence-corrected chi connectivity index (χ3v) is 1.49. The Labute approximate surface area is 56.8 Å². The van der Waals surface area contributed by atoms with Crippen LogP contribution in [0, 0.1) is 0 Å². The van der Waals surface area contributed by atoms with E-state index in [0.717, 1.165) is 0 Å². The van der Waals surface area contributed by atoms with Crippen LogP contribution in [0.4, 0.5) is 0 Å². The molecule has 0 saturated carbocycles. The highest BCUT2D eigenvalue weighted by Gasteiger charge is 1.95. The second-order valence-electron chi connectivity index (χ2n) is 1.33. The van der Waals surface area contributed by atoms with Gasteiger partial charge in [0.05, 0.1) is 4.91 Å². The van der Waals surface area contributed by atoms with Crippen LogP contribution in [-0.4, -0.2) is 22.0 Å². The average molecular weight is 147 g/mol. The second kappa shape index (κ2) is 4.40. The monoisotopic (exact) mass is 147 g/mol. The lowest BCUT2D eigenvalue weighted by molar-refractivity contribution is 0.573. The maximum Gasteiger partial charge on any atom is 0.187 e. The molecule has 0 radical (unpaired) electrons. The first-order valence-corrected chi connectivity index (χ1v) is 3.52. The molecule has 0 aliphatic heterocycles. The fourth-order valence-electron chi connectivity index (χ4n) is 0.348. The van der Waals surface area contributed by atoms with Gasteiger partial charge in [0.15, 0.2) is 11.1 Å². The largest absolute Gasteiger partial charge is 0.302 e. The Morgan fingerprint density at radius 1 is 1.78 bits per heavy atom. The molecule has 0 aromatic rings. The molecule has 0 aromatic heterocycles. The molecule has 0 bridgehead atoms. The van der Waals surface area contributed by atoms with Gasteiger partial charge in [-0.25, -0.2) is 4.21 Å². The van der Waals surface area contributed by atoms with Crippen molar-refractivity contribution in [1.29, 1.82) is 0 Å². The van der Waals surface area contributed by atoms with Crippen LogP contribution in [0.15, 0.2) is 16.0 Å². The van der Waals surface area contributed by atoms with E-state index in [1.54, 1.807) is 20.0 Å². The Balaban J connectivity index is 4.19. The van der Waals surface area contributed by atoms with Crippen molar-refractivity contribution in [3.63, 3.8) is 0 Å². The number of aliphatic imine (C=N–C) groups is 1. The van der Waals surface area contributed by atoms with E-state index in [9.17, 15) is 4.21 Å². The van der Waals surface area contributed by atoms with Gasteiger partial charge in [0, 0.05) is 13.3 Å². The van der Waals surface area contributed by atoms with Crippen LogP contribution in [0.1, 0.15) is 6.92 Å². The van der Waals surface area contributed by atoms with Gasteiger partial charge in [-0.1, -0.05) is 6.08 Å². The summed E-state index contributed by atoms with van der Waals surface area (Å²) in [5, 5.41) is 0. The van der Waals surface area contributed by atoms with Crippen LogP contribution in [0.5, 0.6) is 0 Å². The number of allylic oxidation sites excluding steroid dienone is 2. The SMILES string of the molecule is C/C=C(\C=NC)S(=O)O. The highest BCUT2D eigenvalue weighted by atomic mass is 32.2. The third-order valence-electron chi connectivity index (χ3n) is 0.742. The normalized spacial score (nSPS) is 16.6. The van der Waals surface area contributed by atoms with Gasteiger partial charge in [-0.3, -0.25) is 4.99 Å². The van der Waals surface area contributed by atoms with Crippen molar-refractivity contribution in [3.05, 3.63) is 11.0 Å². The lowest BCUT2D eigenvalue weighted by Gasteiger charge is -1.88. The van der Waals surface area contributed by atoms with Gasteiger partial charge in [0.1, 0.15) is 0 Å². The summed E-state index contributed by atoms with van der Waals surface area (Å²) in [6, 6.07) is 0. The number of hydrogen-bond acceptors (Lipinski definition) is 2. The van der Waals surface area contributed by atoms with E-state index in [0.29, 0.717) is 4.91 Å². The van der Waals surface area contributed by atoms with E-state index in [2.05, 4.69) is 4.99 Å². The van der Waals surface area contributed by atoms with Crippen molar-refractivity contribution >= 4 is 17.3 Å². The maximum atomic E-state index is 10.3. The van der Waals surface area contributed by atoms with Crippen molar-refractivity contribution in [2.24, 2.45) is 4.99 Å². The van der Waals surface area contributed by atoms with E-state index >= 15 is 0 Å². The third kappa shape index (κ3) is 3.16. The molecule has 0 aliphatic rings. The molecule has 3 nitrogen and oxygen atoms in total. The van der Waals surface area contributed by atoms with Crippen LogP contribution in [0.3, 0.4) is 0 Å². The smallest absolute Gasteiger partial charge is 0.187 e. The minimum Gasteiger partial charge on any atom is -0.302 e. The molecule has 0 aromatic carbocycles. The van der Waals surface area contributed by atoms with Gasteiger partial charge in [-0.05, 0) is 6.92 Å². The molecule has 1 unspecified atom stereocenters. The molecule has 0 spiro atoms. The zero-order valence-electron chi connectivity index (χ0n) is 5.37. The summed E-state index contributed by atoms with van der Waals surface area (Å²) >= 11 is -1.89. The average Bonchev–Trinajstić information content (AvgIpc) is 1.82. The Hall–Kier alpha value is -0.480. The first kappa shape index (κ1) is 8.52. The summed E-state index contributed by atoms with van der Waals surface area (Å²) in [6.45, 7) is 1.69. The first-order chi connectivity index (χ1) is 4.22. The summed E-state index contributed by atoms with van der Waals surface area (Å²) in [6.07, 6.45) is 2.90. The Bertz CT molecular complexity index is 162. The lowest BCUT2D eigenvalue weighted by atomic mass is 10.5. The molecular formula is C5H9NO2S. The van der Waals surface area contributed by atoms with E-state index < -0.39 is 11.1 Å². The minimum atomic E-state index is -1.89. The molecular weight excluding hydrogens is 138 g/mol. The molecule has 0 fully saturated rings. The van der Waals surface area contributed by atoms with Crippen molar-refractivity contribution in [1.82, 2.24) is 0 Å². The first-order valence-electron chi connectivity index (χ1n) is 2.41. The fraction of sp³-hybridized carbons (Fsp3) is 0.400. The van der Waals surface area contributed by atoms with Crippen LogP contribution in [0.25, 0.3) is 0 Å². The van der Waals surface area contributed by atoms with Gasteiger partial charge in [0.2, 0.25) is 0 Å². The minimum absolute atomic E-state index is 0.331. The van der Waals surface area contributed by atoms with Crippen molar-refractivity contribution in [3.8, 4) is 0 Å². The quantitative estimate of drug-likeness (QED) is 0.464. The summed E-state index contributed by atoms with van der Waals surface area (Å²) in [5.74, 6) is 0. The molecule has 0 aliphatic carbocycles. The van der Waals surface area contributed by atoms with Crippen molar-refractivity contribution in [2.75, 3.05) is 7.05 Å². The molecule has 0 saturated heterocycles. The maximum absolute atomic E-state index is 10.3. The van der Waals surface area contributed by atoms with E-state index in [1.807, 2.05) is 0 Å². The second-order valence-corrected chi connectivity index (χ2v) is 2.30. The lowest BCUT2D eigenvalue weighted by Crippen LogP contribution is -1.92. The van der Waals surface area contributed by atoms with Crippen molar-refractivity contribution < 1.29 is 8.76 Å². The summed E-state index contributed by atoms with van der Waals surface area (Å²) in [4.78, 5) is 3.91. The van der Waals surface area contributed by atoms with Crippen LogP contribution < -0.4 is 0 Å². The number of rotatable bonds is 2. The van der Waals surface area contributed by atoms with E-state index in [1.165, 1.54) is 6.21 Å². The molecule has 1 N–H and O–H groups in total. The van der Waals surface area contributed by atoms with Crippen LogP contribution in [-0.2, 0) is 11.1 Å². The predicted molar refractivity (Wildman–Crippen MR) is 38.9 cm³/mol. The van der Waals surface area contributed by atoms with E-state index in [4.69, 9.17) is 4.55 Å². The van der Waals surface area contributed by atoms with Gasteiger partial charge in [0.25, 0.3) is 0 Å². The Morgan fingerprint density at radius 3 is 2.44 bits per heavy atom. The molecule has 4 heteroatoms. The number of hydrogen-bond donors (Lipinski definition) is 1. The Kier molecular flexibility index (Phi) is 4.17. The highest BCUT2D eigenvalue weighted by Crippen LogP contribution is 1.93. The molecule has 9 heavy (non-hydrogen) atoms. The molecule has 0 heterocycles. The summed E-state index contributed by atoms with van der Waals surface area (Å²) < 4.78 is 18.7. The zero-order valence-corrected chi connectivity index (χ0v) is 6.18. The van der Waals surface area contributed by atoms with Crippen LogP contribution in [0.2, 0.25) is 0 Å². The van der Waals surface area contributed by atoms with Gasteiger partial charge in [-0.15, -0.1) is 0 Å². The number of nitrogens with zero attached hydrogens (tertiary/aromatic N) is 1. The Morgan fingerprint density at radius 2 is 2.33 bits per heavy atom. The van der Waals surface area contributed by atoms with Crippen molar-refractivity contribution in [2.45, 2.75) is 6.92 Å². The standard InChI is InChI=1S/C5H9NO2S/c1-3-5(4-6-2)9(7)8/h3-4H,1-2H3,(H,7,8)/b5-3+,6-4?. The molecule has 1 atom stereocenters. The molecule has 0 amide bonds. The highest BCUT2D eigenvalue weighted by molar-refractivity contribution is 7.84. The summed E-state index contributed by atoms with van der Waals surface area (Å²) in [7, 11) is 1.55. The van der Waals surface area contributed by atoms with Crippen LogP contribution >= 0.6 is 0 Å². The summed E-state index contributed by atoms with van der Waals surface area (Å²) in [5.41, 5.74) is 0. The van der Waals surface area contributed by atoms with Gasteiger partial charge < -0.3 is 4.55 Å².